The van der Waals surface area contributed by atoms with Gasteiger partial charge in [-0.25, -0.2) is 0 Å². The van der Waals surface area contributed by atoms with Crippen LogP contribution in [0.3, 0.4) is 0 Å². The summed E-state index contributed by atoms with van der Waals surface area (Å²) in [5.74, 6) is -0.0232. The normalized spacial score (nSPS) is 23.6. The quantitative estimate of drug-likeness (QED) is 0.666. The highest BCUT2D eigenvalue weighted by atomic mass is 16.3. The zero-order valence-electron chi connectivity index (χ0n) is 8.77. The summed E-state index contributed by atoms with van der Waals surface area (Å²) in [6, 6.07) is 1.32. The van der Waals surface area contributed by atoms with Gasteiger partial charge in [-0.2, -0.15) is 0 Å². The van der Waals surface area contributed by atoms with E-state index in [0.717, 1.165) is 12.8 Å². The van der Waals surface area contributed by atoms with Crippen LogP contribution in [0.15, 0.2) is 23.3 Å². The van der Waals surface area contributed by atoms with Gasteiger partial charge >= 0.3 is 0 Å². The van der Waals surface area contributed by atoms with Gasteiger partial charge in [-0.15, -0.1) is 0 Å². The van der Waals surface area contributed by atoms with Crippen molar-refractivity contribution in [3.8, 4) is 0 Å². The molecule has 1 fully saturated rings. The summed E-state index contributed by atoms with van der Waals surface area (Å²) in [6.07, 6.45) is 4.12. The number of amides is 1. The lowest BCUT2D eigenvalue weighted by molar-refractivity contribution is 0.0420. The topological polar surface area (TPSA) is 82.2 Å². The minimum atomic E-state index is -0.358. The number of aromatic amines is 1. The molecule has 16 heavy (non-hydrogen) atoms. The van der Waals surface area contributed by atoms with Crippen LogP contribution in [0.1, 0.15) is 23.2 Å². The standard InChI is InChI=1S/C11H14N2O3/c14-8-3-7(4-8)5-13-11(16)9-6-12-2-1-10(9)15/h1-2,6-8,14H,3-5H2,(H,12,15)(H,13,16). The summed E-state index contributed by atoms with van der Waals surface area (Å²) in [5, 5.41) is 11.8. The molecule has 1 amide bonds. The summed E-state index contributed by atoms with van der Waals surface area (Å²) in [6.45, 7) is 0.518. The van der Waals surface area contributed by atoms with Gasteiger partial charge in [0.05, 0.1) is 6.10 Å². The summed E-state index contributed by atoms with van der Waals surface area (Å²) < 4.78 is 0. The van der Waals surface area contributed by atoms with Crippen molar-refractivity contribution in [2.75, 3.05) is 6.54 Å². The lowest BCUT2D eigenvalue weighted by Crippen LogP contribution is -2.39. The highest BCUT2D eigenvalue weighted by Crippen LogP contribution is 2.26. The number of hydrogen-bond donors (Lipinski definition) is 3. The second kappa shape index (κ2) is 4.49. The molecule has 1 aliphatic carbocycles. The Balaban J connectivity index is 1.89. The number of aliphatic hydroxyl groups is 1. The van der Waals surface area contributed by atoms with Gasteiger partial charge in [0.2, 0.25) is 0 Å². The van der Waals surface area contributed by atoms with E-state index >= 15 is 0 Å². The molecule has 0 unspecified atom stereocenters. The van der Waals surface area contributed by atoms with E-state index in [1.165, 1.54) is 18.5 Å². The van der Waals surface area contributed by atoms with Crippen molar-refractivity contribution in [3.05, 3.63) is 34.2 Å². The molecule has 0 atom stereocenters. The molecule has 86 valence electrons. The first-order valence-corrected chi connectivity index (χ1v) is 5.30. The largest absolute Gasteiger partial charge is 0.393 e. The Morgan fingerprint density at radius 2 is 2.31 bits per heavy atom. The van der Waals surface area contributed by atoms with Crippen molar-refractivity contribution in [3.63, 3.8) is 0 Å². The highest BCUT2D eigenvalue weighted by molar-refractivity contribution is 5.93. The maximum atomic E-state index is 11.6. The molecule has 1 aromatic rings. The van der Waals surface area contributed by atoms with Crippen LogP contribution >= 0.6 is 0 Å². The van der Waals surface area contributed by atoms with Crippen LogP contribution in [0.25, 0.3) is 0 Å². The summed E-state index contributed by atoms with van der Waals surface area (Å²) in [5.41, 5.74) is -0.160. The summed E-state index contributed by atoms with van der Waals surface area (Å²) >= 11 is 0. The molecule has 3 N–H and O–H groups in total. The fourth-order valence-electron chi connectivity index (χ4n) is 1.79. The lowest BCUT2D eigenvalue weighted by atomic mass is 9.82. The van der Waals surface area contributed by atoms with Gasteiger partial charge in [0.15, 0.2) is 5.43 Å². The Bertz CT molecular complexity index is 435. The maximum absolute atomic E-state index is 11.6. The van der Waals surface area contributed by atoms with Crippen molar-refractivity contribution in [2.45, 2.75) is 18.9 Å². The average molecular weight is 222 g/mol. The molecule has 2 rings (SSSR count). The molecular formula is C11H14N2O3. The molecule has 0 aromatic carbocycles. The number of rotatable bonds is 3. The van der Waals surface area contributed by atoms with Gasteiger partial charge < -0.3 is 15.4 Å². The molecule has 0 radical (unpaired) electrons. The van der Waals surface area contributed by atoms with Crippen LogP contribution in [0, 0.1) is 5.92 Å². The van der Waals surface area contributed by atoms with Gasteiger partial charge in [-0.3, -0.25) is 9.59 Å². The predicted molar refractivity (Wildman–Crippen MR) is 58.1 cm³/mol. The first kappa shape index (κ1) is 10.9. The van der Waals surface area contributed by atoms with E-state index in [4.69, 9.17) is 5.11 Å². The zero-order chi connectivity index (χ0) is 11.5. The molecule has 0 bridgehead atoms. The number of carbonyl (C=O) groups excluding carboxylic acids is 1. The van der Waals surface area contributed by atoms with Crippen molar-refractivity contribution < 1.29 is 9.90 Å². The van der Waals surface area contributed by atoms with E-state index in [1.54, 1.807) is 0 Å². The fraction of sp³-hybridized carbons (Fsp3) is 0.455. The molecule has 0 saturated heterocycles. The molecule has 1 aliphatic rings. The smallest absolute Gasteiger partial charge is 0.256 e. The minimum absolute atomic E-state index is 0.127. The minimum Gasteiger partial charge on any atom is -0.393 e. The summed E-state index contributed by atoms with van der Waals surface area (Å²) in [4.78, 5) is 25.6. The number of carbonyl (C=O) groups is 1. The van der Waals surface area contributed by atoms with Crippen LogP contribution in [0.2, 0.25) is 0 Å². The average Bonchev–Trinajstić information content (AvgIpc) is 2.23. The van der Waals surface area contributed by atoms with Gasteiger partial charge in [0.1, 0.15) is 5.56 Å². The van der Waals surface area contributed by atoms with E-state index in [2.05, 4.69) is 10.3 Å². The van der Waals surface area contributed by atoms with Gasteiger partial charge in [-0.1, -0.05) is 0 Å². The van der Waals surface area contributed by atoms with Gasteiger partial charge in [0.25, 0.3) is 5.91 Å². The predicted octanol–water partition coefficient (Wildman–Crippen LogP) is -0.124. The third kappa shape index (κ3) is 2.30. The Morgan fingerprint density at radius 3 is 2.94 bits per heavy atom. The molecule has 5 nitrogen and oxygen atoms in total. The third-order valence-electron chi connectivity index (χ3n) is 2.83. The monoisotopic (exact) mass is 222 g/mol. The Kier molecular flexibility index (Phi) is 3.05. The highest BCUT2D eigenvalue weighted by Gasteiger charge is 2.27. The first-order chi connectivity index (χ1) is 7.66. The van der Waals surface area contributed by atoms with Crippen molar-refractivity contribution in [1.29, 1.82) is 0 Å². The van der Waals surface area contributed by atoms with Gasteiger partial charge in [0, 0.05) is 25.0 Å². The molecule has 5 heteroatoms. The maximum Gasteiger partial charge on any atom is 0.256 e. The van der Waals surface area contributed by atoms with E-state index in [0.29, 0.717) is 12.5 Å². The van der Waals surface area contributed by atoms with Crippen LogP contribution in [-0.4, -0.2) is 28.6 Å². The van der Waals surface area contributed by atoms with Crippen LogP contribution in [0.5, 0.6) is 0 Å². The third-order valence-corrected chi connectivity index (χ3v) is 2.83. The van der Waals surface area contributed by atoms with Crippen LogP contribution < -0.4 is 10.7 Å². The van der Waals surface area contributed by atoms with Crippen LogP contribution in [-0.2, 0) is 0 Å². The first-order valence-electron chi connectivity index (χ1n) is 5.30. The van der Waals surface area contributed by atoms with E-state index < -0.39 is 0 Å². The number of aromatic nitrogens is 1. The summed E-state index contributed by atoms with van der Waals surface area (Å²) in [7, 11) is 0. The Hall–Kier alpha value is -1.62. The Labute approximate surface area is 92.5 Å². The number of aliphatic hydroxyl groups excluding tert-OH is 1. The van der Waals surface area contributed by atoms with Crippen molar-refractivity contribution in [1.82, 2.24) is 10.3 Å². The van der Waals surface area contributed by atoms with E-state index in [-0.39, 0.29) is 23.0 Å². The Morgan fingerprint density at radius 1 is 1.56 bits per heavy atom. The van der Waals surface area contributed by atoms with Gasteiger partial charge in [-0.05, 0) is 18.8 Å². The number of hydrogen-bond acceptors (Lipinski definition) is 3. The lowest BCUT2D eigenvalue weighted by Gasteiger charge is -2.31. The van der Waals surface area contributed by atoms with E-state index in [1.807, 2.05) is 0 Å². The SMILES string of the molecule is O=C(NCC1CC(O)C1)c1c[nH]ccc1=O. The zero-order valence-corrected chi connectivity index (χ0v) is 8.77. The molecule has 0 spiro atoms. The second-order valence-electron chi connectivity index (χ2n) is 4.12. The van der Waals surface area contributed by atoms with Crippen LogP contribution in [0.4, 0.5) is 0 Å². The molecular weight excluding hydrogens is 208 g/mol. The second-order valence-corrected chi connectivity index (χ2v) is 4.12. The molecule has 1 heterocycles. The molecule has 1 saturated carbocycles. The number of pyridine rings is 1. The number of H-pyrrole nitrogens is 1. The van der Waals surface area contributed by atoms with Crippen molar-refractivity contribution >= 4 is 5.91 Å². The number of nitrogens with one attached hydrogen (secondary N) is 2. The fourth-order valence-corrected chi connectivity index (χ4v) is 1.79. The molecule has 0 aliphatic heterocycles. The van der Waals surface area contributed by atoms with Crippen molar-refractivity contribution in [2.24, 2.45) is 5.92 Å². The van der Waals surface area contributed by atoms with E-state index in [9.17, 15) is 9.59 Å². The molecule has 1 aromatic heterocycles.